The molecule has 3 rings (SSSR count). The van der Waals surface area contributed by atoms with Crippen molar-refractivity contribution in [3.63, 3.8) is 0 Å². The molecule has 2 aromatic heterocycles. The Morgan fingerprint density at radius 1 is 1.54 bits per heavy atom. The number of carbonyl (C=O) groups excluding carboxylic acids is 1. The minimum Gasteiger partial charge on any atom is -0.469 e. The lowest BCUT2D eigenvalue weighted by Gasteiger charge is -2.41. The number of methoxy groups -OCH3 is 1. The molecule has 5 nitrogen and oxygen atoms in total. The molecule has 0 radical (unpaired) electrons. The fourth-order valence-electron chi connectivity index (χ4n) is 3.95. The summed E-state index contributed by atoms with van der Waals surface area (Å²) in [5, 5.41) is 0.419. The van der Waals surface area contributed by atoms with Crippen LogP contribution in [0.2, 0.25) is 5.15 Å². The molecule has 2 aromatic rings. The zero-order chi connectivity index (χ0) is 17.5. The highest BCUT2D eigenvalue weighted by Crippen LogP contribution is 2.49. The average molecular weight is 415 g/mol. The number of carbonyl (C=O) groups is 1. The summed E-state index contributed by atoms with van der Waals surface area (Å²) in [4.78, 5) is 21.4. The lowest BCUT2D eigenvalue weighted by atomic mass is 9.63. The Labute approximate surface area is 154 Å². The van der Waals surface area contributed by atoms with E-state index in [1.807, 2.05) is 10.6 Å². The average Bonchev–Trinajstić information content (AvgIpc) is 2.92. The van der Waals surface area contributed by atoms with Crippen LogP contribution in [0.15, 0.2) is 17.0 Å². The SMILES string of the molecule is COC(=O)C1(C(C)C)CCCC(c2nc(Br)c3c(Cl)nccn23)C1. The van der Waals surface area contributed by atoms with Gasteiger partial charge >= 0.3 is 5.97 Å². The Kier molecular flexibility index (Phi) is 4.89. The Morgan fingerprint density at radius 2 is 2.29 bits per heavy atom. The van der Waals surface area contributed by atoms with Crippen LogP contribution in [-0.2, 0) is 9.53 Å². The van der Waals surface area contributed by atoms with Crippen molar-refractivity contribution in [2.75, 3.05) is 7.11 Å². The third kappa shape index (κ3) is 2.73. The van der Waals surface area contributed by atoms with Crippen molar-refractivity contribution >= 4 is 39.0 Å². The molecule has 1 aliphatic rings. The summed E-state index contributed by atoms with van der Waals surface area (Å²) in [5.74, 6) is 1.21. The van der Waals surface area contributed by atoms with Gasteiger partial charge in [0.15, 0.2) is 5.15 Å². The first-order chi connectivity index (χ1) is 11.4. The van der Waals surface area contributed by atoms with Crippen LogP contribution < -0.4 is 0 Å². The van der Waals surface area contributed by atoms with E-state index in [4.69, 9.17) is 16.3 Å². The van der Waals surface area contributed by atoms with Crippen molar-refractivity contribution < 1.29 is 9.53 Å². The number of imidazole rings is 1. The van der Waals surface area contributed by atoms with Crippen LogP contribution in [0, 0.1) is 11.3 Å². The maximum atomic E-state index is 12.5. The zero-order valence-electron chi connectivity index (χ0n) is 14.1. The highest BCUT2D eigenvalue weighted by Gasteiger charge is 2.47. The van der Waals surface area contributed by atoms with E-state index in [9.17, 15) is 4.79 Å². The predicted molar refractivity (Wildman–Crippen MR) is 96.2 cm³/mol. The molecular formula is C17H21BrClN3O2. The molecule has 2 unspecified atom stereocenters. The Bertz CT molecular complexity index is 777. The number of hydrogen-bond donors (Lipinski definition) is 0. The van der Waals surface area contributed by atoms with E-state index in [1.165, 1.54) is 7.11 Å². The van der Waals surface area contributed by atoms with E-state index in [1.54, 1.807) is 6.20 Å². The molecule has 7 heteroatoms. The van der Waals surface area contributed by atoms with Gasteiger partial charge in [0, 0.05) is 18.3 Å². The molecule has 0 N–H and O–H groups in total. The number of ether oxygens (including phenoxy) is 1. The van der Waals surface area contributed by atoms with Crippen LogP contribution in [0.5, 0.6) is 0 Å². The van der Waals surface area contributed by atoms with Gasteiger partial charge in [-0.15, -0.1) is 0 Å². The van der Waals surface area contributed by atoms with Gasteiger partial charge in [0.1, 0.15) is 15.9 Å². The van der Waals surface area contributed by atoms with Crippen LogP contribution in [0.3, 0.4) is 0 Å². The predicted octanol–water partition coefficient (Wildman–Crippen LogP) is 4.62. The minimum atomic E-state index is -0.452. The monoisotopic (exact) mass is 413 g/mol. The Hall–Kier alpha value is -1.14. The molecule has 0 aromatic carbocycles. The first kappa shape index (κ1) is 17.7. The number of halogens is 2. The molecule has 130 valence electrons. The standard InChI is InChI=1S/C17H21BrClN3O2/c1-10(2)17(16(23)24-3)6-4-5-11(9-17)15-21-13(18)12-14(19)20-7-8-22(12)15/h7-8,10-11H,4-6,9H2,1-3H3. The summed E-state index contributed by atoms with van der Waals surface area (Å²) in [6, 6.07) is 0. The first-order valence-corrected chi connectivity index (χ1v) is 9.34. The van der Waals surface area contributed by atoms with Crippen molar-refractivity contribution in [2.45, 2.75) is 45.4 Å². The number of rotatable bonds is 3. The molecular weight excluding hydrogens is 394 g/mol. The summed E-state index contributed by atoms with van der Waals surface area (Å²) < 4.78 is 7.82. The summed E-state index contributed by atoms with van der Waals surface area (Å²) in [6.07, 6.45) is 7.12. The number of hydrogen-bond acceptors (Lipinski definition) is 4. The summed E-state index contributed by atoms with van der Waals surface area (Å²) in [5.41, 5.74) is 0.320. The molecule has 2 heterocycles. The number of esters is 1. The van der Waals surface area contributed by atoms with Crippen LogP contribution in [0.1, 0.15) is 51.3 Å². The van der Waals surface area contributed by atoms with Gasteiger partial charge in [0.2, 0.25) is 0 Å². The topological polar surface area (TPSA) is 56.5 Å². The largest absolute Gasteiger partial charge is 0.469 e. The van der Waals surface area contributed by atoms with Crippen molar-refractivity contribution in [2.24, 2.45) is 11.3 Å². The van der Waals surface area contributed by atoms with Crippen molar-refractivity contribution in [1.29, 1.82) is 0 Å². The molecule has 1 saturated carbocycles. The van der Waals surface area contributed by atoms with Crippen molar-refractivity contribution in [1.82, 2.24) is 14.4 Å². The third-order valence-electron chi connectivity index (χ3n) is 5.34. The van der Waals surface area contributed by atoms with Crippen LogP contribution in [0.4, 0.5) is 0 Å². The number of nitrogens with zero attached hydrogens (tertiary/aromatic N) is 3. The molecule has 24 heavy (non-hydrogen) atoms. The van der Waals surface area contributed by atoms with E-state index >= 15 is 0 Å². The van der Waals surface area contributed by atoms with Gasteiger partial charge in [0.25, 0.3) is 0 Å². The van der Waals surface area contributed by atoms with Gasteiger partial charge in [-0.3, -0.25) is 9.20 Å². The summed E-state index contributed by atoms with van der Waals surface area (Å²) in [6.45, 7) is 4.19. The fourth-order valence-corrected chi connectivity index (χ4v) is 4.86. The molecule has 1 aliphatic carbocycles. The molecule has 0 saturated heterocycles. The van der Waals surface area contributed by atoms with Crippen LogP contribution >= 0.6 is 27.5 Å². The second kappa shape index (κ2) is 6.64. The van der Waals surface area contributed by atoms with Gasteiger partial charge in [-0.2, -0.15) is 0 Å². The molecule has 0 amide bonds. The minimum absolute atomic E-state index is 0.109. The van der Waals surface area contributed by atoms with E-state index in [0.717, 1.165) is 37.0 Å². The van der Waals surface area contributed by atoms with Gasteiger partial charge in [-0.25, -0.2) is 9.97 Å². The van der Waals surface area contributed by atoms with Gasteiger partial charge in [0.05, 0.1) is 12.5 Å². The molecule has 1 fully saturated rings. The fraction of sp³-hybridized carbons (Fsp3) is 0.588. The second-order valence-corrected chi connectivity index (χ2v) is 7.90. The normalized spacial score (nSPS) is 24.5. The molecule has 0 aliphatic heterocycles. The lowest BCUT2D eigenvalue weighted by Crippen LogP contribution is -2.41. The van der Waals surface area contributed by atoms with Crippen molar-refractivity contribution in [3.8, 4) is 0 Å². The number of aromatic nitrogens is 3. The number of fused-ring (bicyclic) bond motifs is 1. The quantitative estimate of drug-likeness (QED) is 0.688. The Morgan fingerprint density at radius 3 is 2.96 bits per heavy atom. The van der Waals surface area contributed by atoms with Crippen LogP contribution in [0.25, 0.3) is 5.52 Å². The second-order valence-electron chi connectivity index (χ2n) is 6.79. The van der Waals surface area contributed by atoms with Gasteiger partial charge < -0.3 is 4.74 Å². The van der Waals surface area contributed by atoms with E-state index in [0.29, 0.717) is 9.76 Å². The highest BCUT2D eigenvalue weighted by molar-refractivity contribution is 9.10. The lowest BCUT2D eigenvalue weighted by molar-refractivity contribution is -0.159. The van der Waals surface area contributed by atoms with E-state index < -0.39 is 5.41 Å². The van der Waals surface area contributed by atoms with E-state index in [2.05, 4.69) is 39.7 Å². The van der Waals surface area contributed by atoms with E-state index in [-0.39, 0.29) is 17.8 Å². The smallest absolute Gasteiger partial charge is 0.312 e. The zero-order valence-corrected chi connectivity index (χ0v) is 16.4. The van der Waals surface area contributed by atoms with Gasteiger partial charge in [-0.1, -0.05) is 31.9 Å². The maximum Gasteiger partial charge on any atom is 0.312 e. The molecule has 0 bridgehead atoms. The highest BCUT2D eigenvalue weighted by atomic mass is 79.9. The molecule has 0 spiro atoms. The summed E-state index contributed by atoms with van der Waals surface area (Å²) >= 11 is 9.71. The summed E-state index contributed by atoms with van der Waals surface area (Å²) in [7, 11) is 1.48. The maximum absolute atomic E-state index is 12.5. The first-order valence-electron chi connectivity index (χ1n) is 8.17. The van der Waals surface area contributed by atoms with Crippen molar-refractivity contribution in [3.05, 3.63) is 28.0 Å². The molecule has 2 atom stereocenters. The Balaban J connectivity index is 2.04. The van der Waals surface area contributed by atoms with Crippen LogP contribution in [-0.4, -0.2) is 27.4 Å². The third-order valence-corrected chi connectivity index (χ3v) is 6.17. The van der Waals surface area contributed by atoms with Gasteiger partial charge in [-0.05, 0) is 41.1 Å².